The van der Waals surface area contributed by atoms with E-state index >= 15 is 0 Å². The average Bonchev–Trinajstić information content (AvgIpc) is 2.45. The van der Waals surface area contributed by atoms with Crippen LogP contribution in [-0.4, -0.2) is 70.4 Å². The SMILES string of the molecule is CN(C)C[C@H]1OB(C(C)(C)C)O[C@@H]1CN(C)C. The molecule has 0 bridgehead atoms. The number of nitrogens with zero attached hydrogens (tertiary/aromatic N) is 2. The summed E-state index contributed by atoms with van der Waals surface area (Å²) in [5.41, 5.74) is 0. The summed E-state index contributed by atoms with van der Waals surface area (Å²) in [6.45, 7) is 8.28. The van der Waals surface area contributed by atoms with Gasteiger partial charge in [-0.1, -0.05) is 20.8 Å². The highest BCUT2D eigenvalue weighted by Gasteiger charge is 2.46. The Morgan fingerprint density at radius 3 is 1.47 bits per heavy atom. The minimum atomic E-state index is -0.0996. The lowest BCUT2D eigenvalue weighted by Gasteiger charge is -2.24. The van der Waals surface area contributed by atoms with Crippen molar-refractivity contribution in [3.8, 4) is 0 Å². The zero-order chi connectivity index (χ0) is 13.2. The smallest absolute Gasteiger partial charge is 0.404 e. The van der Waals surface area contributed by atoms with Gasteiger partial charge in [-0.05, 0) is 33.5 Å². The summed E-state index contributed by atoms with van der Waals surface area (Å²) in [6, 6.07) is 0. The van der Waals surface area contributed by atoms with Gasteiger partial charge in [0.15, 0.2) is 0 Å². The summed E-state index contributed by atoms with van der Waals surface area (Å²) in [5.74, 6) is 0. The van der Waals surface area contributed by atoms with Gasteiger partial charge < -0.3 is 19.1 Å². The van der Waals surface area contributed by atoms with E-state index in [4.69, 9.17) is 9.31 Å². The van der Waals surface area contributed by atoms with Crippen molar-refractivity contribution in [2.75, 3.05) is 41.3 Å². The summed E-state index contributed by atoms with van der Waals surface area (Å²) in [5, 5.41) is 0.0334. The molecule has 4 nitrogen and oxygen atoms in total. The fourth-order valence-corrected chi connectivity index (χ4v) is 1.97. The molecule has 17 heavy (non-hydrogen) atoms. The number of likely N-dealkylation sites (N-methyl/N-ethyl adjacent to an activating group) is 2. The molecular formula is C12H27BN2O2. The van der Waals surface area contributed by atoms with Crippen molar-refractivity contribution in [3.05, 3.63) is 0 Å². The van der Waals surface area contributed by atoms with E-state index < -0.39 is 0 Å². The molecule has 0 aliphatic carbocycles. The second-order valence-electron chi connectivity index (χ2n) is 6.57. The molecule has 0 aromatic rings. The normalized spacial score (nSPS) is 26.3. The maximum absolute atomic E-state index is 6.06. The topological polar surface area (TPSA) is 24.9 Å². The lowest BCUT2D eigenvalue weighted by Crippen LogP contribution is -2.39. The first-order chi connectivity index (χ1) is 7.70. The Bertz CT molecular complexity index is 223. The van der Waals surface area contributed by atoms with Crippen molar-refractivity contribution >= 4 is 7.12 Å². The van der Waals surface area contributed by atoms with Crippen LogP contribution >= 0.6 is 0 Å². The second kappa shape index (κ2) is 5.70. The van der Waals surface area contributed by atoms with Crippen LogP contribution in [0.25, 0.3) is 0 Å². The maximum atomic E-state index is 6.06. The summed E-state index contributed by atoms with van der Waals surface area (Å²) >= 11 is 0. The number of hydrogen-bond acceptors (Lipinski definition) is 4. The largest absolute Gasteiger partial charge is 0.463 e. The lowest BCUT2D eigenvalue weighted by molar-refractivity contribution is 0.103. The summed E-state index contributed by atoms with van der Waals surface area (Å²) in [6.07, 6.45) is 0.327. The number of hydrogen-bond donors (Lipinski definition) is 0. The van der Waals surface area contributed by atoms with Crippen LogP contribution < -0.4 is 0 Å². The van der Waals surface area contributed by atoms with E-state index in [1.54, 1.807) is 0 Å². The molecule has 1 saturated heterocycles. The molecule has 5 heteroatoms. The van der Waals surface area contributed by atoms with Crippen molar-refractivity contribution in [2.45, 2.75) is 38.3 Å². The van der Waals surface area contributed by atoms with Crippen LogP contribution in [0.4, 0.5) is 0 Å². The second-order valence-corrected chi connectivity index (χ2v) is 6.57. The first-order valence-corrected chi connectivity index (χ1v) is 6.30. The highest BCUT2D eigenvalue weighted by Crippen LogP contribution is 2.34. The Labute approximate surface area is 106 Å². The first kappa shape index (κ1) is 15.0. The van der Waals surface area contributed by atoms with Gasteiger partial charge in [-0.2, -0.15) is 0 Å². The quantitative estimate of drug-likeness (QED) is 0.691. The Morgan fingerprint density at radius 1 is 0.882 bits per heavy atom. The Balaban J connectivity index is 2.65. The van der Waals surface area contributed by atoms with E-state index in [9.17, 15) is 0 Å². The van der Waals surface area contributed by atoms with Crippen molar-refractivity contribution in [1.82, 2.24) is 9.80 Å². The van der Waals surface area contributed by atoms with E-state index in [0.29, 0.717) is 0 Å². The van der Waals surface area contributed by atoms with Crippen LogP contribution in [0.1, 0.15) is 20.8 Å². The molecule has 0 amide bonds. The molecule has 0 unspecified atom stereocenters. The molecule has 0 radical (unpaired) electrons. The van der Waals surface area contributed by atoms with Crippen molar-refractivity contribution in [3.63, 3.8) is 0 Å². The van der Waals surface area contributed by atoms with Gasteiger partial charge in [0.05, 0.1) is 12.2 Å². The minimum Gasteiger partial charge on any atom is -0.404 e. The van der Waals surface area contributed by atoms with Gasteiger partial charge in [-0.25, -0.2) is 0 Å². The van der Waals surface area contributed by atoms with Crippen molar-refractivity contribution in [1.29, 1.82) is 0 Å². The van der Waals surface area contributed by atoms with Gasteiger partial charge in [-0.3, -0.25) is 0 Å². The first-order valence-electron chi connectivity index (χ1n) is 6.30. The van der Waals surface area contributed by atoms with Gasteiger partial charge in [0.25, 0.3) is 0 Å². The van der Waals surface area contributed by atoms with Crippen LogP contribution in [0.15, 0.2) is 0 Å². The molecule has 1 aliphatic heterocycles. The van der Waals surface area contributed by atoms with Gasteiger partial charge in [0.2, 0.25) is 0 Å². The van der Waals surface area contributed by atoms with E-state index in [1.165, 1.54) is 0 Å². The molecule has 1 heterocycles. The van der Waals surface area contributed by atoms with Crippen LogP contribution in [-0.2, 0) is 9.31 Å². The van der Waals surface area contributed by atoms with Crippen LogP contribution in [0.3, 0.4) is 0 Å². The van der Waals surface area contributed by atoms with Crippen LogP contribution in [0.5, 0.6) is 0 Å². The summed E-state index contributed by atoms with van der Waals surface area (Å²) in [7, 11) is 8.18. The average molecular weight is 242 g/mol. The molecule has 0 aromatic carbocycles. The molecule has 0 N–H and O–H groups in total. The third kappa shape index (κ3) is 4.58. The Hall–Kier alpha value is -0.0951. The monoisotopic (exact) mass is 242 g/mol. The van der Waals surface area contributed by atoms with Gasteiger partial charge in [0, 0.05) is 13.1 Å². The zero-order valence-corrected chi connectivity index (χ0v) is 12.4. The fourth-order valence-electron chi connectivity index (χ4n) is 1.97. The van der Waals surface area contributed by atoms with Crippen LogP contribution in [0, 0.1) is 0 Å². The Kier molecular flexibility index (Phi) is 5.01. The maximum Gasteiger partial charge on any atom is 0.463 e. The molecule has 0 aromatic heterocycles. The van der Waals surface area contributed by atoms with Gasteiger partial charge >= 0.3 is 7.12 Å². The third-order valence-electron chi connectivity index (χ3n) is 2.81. The standard InChI is InChI=1S/C12H27BN2O2/c1-12(2,3)13-16-10(8-14(4)5)11(17-13)9-15(6)7/h10-11H,8-9H2,1-7H3/t10-,11-/m1/s1. The lowest BCUT2D eigenvalue weighted by atomic mass is 9.61. The fraction of sp³-hybridized carbons (Fsp3) is 1.00. The zero-order valence-electron chi connectivity index (χ0n) is 12.4. The van der Waals surface area contributed by atoms with E-state index in [1.807, 2.05) is 0 Å². The van der Waals surface area contributed by atoms with E-state index in [2.05, 4.69) is 58.8 Å². The molecule has 100 valence electrons. The van der Waals surface area contributed by atoms with Crippen molar-refractivity contribution < 1.29 is 9.31 Å². The van der Waals surface area contributed by atoms with E-state index in [0.717, 1.165) is 13.1 Å². The minimum absolute atomic E-state index is 0.0334. The van der Waals surface area contributed by atoms with E-state index in [-0.39, 0.29) is 24.6 Å². The predicted molar refractivity (Wildman–Crippen MR) is 72.3 cm³/mol. The molecule has 0 spiro atoms. The molecular weight excluding hydrogens is 215 g/mol. The summed E-state index contributed by atoms with van der Waals surface area (Å²) in [4.78, 5) is 4.31. The third-order valence-corrected chi connectivity index (χ3v) is 2.81. The van der Waals surface area contributed by atoms with Gasteiger partial charge in [0.1, 0.15) is 0 Å². The van der Waals surface area contributed by atoms with Gasteiger partial charge in [-0.15, -0.1) is 0 Å². The Morgan fingerprint density at radius 2 is 1.24 bits per heavy atom. The summed E-state index contributed by atoms with van der Waals surface area (Å²) < 4.78 is 12.1. The highest BCUT2D eigenvalue weighted by atomic mass is 16.7. The molecule has 1 aliphatic rings. The highest BCUT2D eigenvalue weighted by molar-refractivity contribution is 6.49. The number of rotatable bonds is 4. The molecule has 2 atom stereocenters. The molecule has 1 fully saturated rings. The van der Waals surface area contributed by atoms with Crippen LogP contribution in [0.2, 0.25) is 5.31 Å². The predicted octanol–water partition coefficient (Wildman–Crippen LogP) is 1.18. The molecule has 1 rings (SSSR count). The van der Waals surface area contributed by atoms with Crippen molar-refractivity contribution in [2.24, 2.45) is 0 Å². The molecule has 0 saturated carbocycles.